The molecule has 0 unspecified atom stereocenters. The minimum absolute atomic E-state index is 0.239. The Labute approximate surface area is 123 Å². The van der Waals surface area contributed by atoms with Gasteiger partial charge in [-0.05, 0) is 48.2 Å². The molecule has 0 saturated heterocycles. The van der Waals surface area contributed by atoms with E-state index in [1.807, 2.05) is 24.3 Å². The zero-order chi connectivity index (χ0) is 14.2. The summed E-state index contributed by atoms with van der Waals surface area (Å²) < 4.78 is 5.81. The molecule has 0 spiro atoms. The highest BCUT2D eigenvalue weighted by Gasteiger charge is 2.19. The third-order valence-electron chi connectivity index (χ3n) is 4.11. The largest absolute Gasteiger partial charge is 0.487 e. The number of anilines is 1. The summed E-state index contributed by atoms with van der Waals surface area (Å²) in [5.74, 6) is 2.03. The fourth-order valence-electron chi connectivity index (χ4n) is 2.96. The lowest BCUT2D eigenvalue weighted by atomic mass is 10.1. The number of ether oxygens (including phenoxy) is 1. The molecule has 4 heteroatoms. The van der Waals surface area contributed by atoms with Crippen LogP contribution in [0.3, 0.4) is 0 Å². The average molecular weight is 280 g/mol. The average Bonchev–Trinajstić information content (AvgIpc) is 3.11. The van der Waals surface area contributed by atoms with Crippen molar-refractivity contribution in [3.05, 3.63) is 52.7 Å². The summed E-state index contributed by atoms with van der Waals surface area (Å²) in [6.07, 6.45) is 2.49. The molecule has 2 aromatic rings. The maximum Gasteiger partial charge on any atom is 0.163 e. The van der Waals surface area contributed by atoms with Crippen molar-refractivity contribution < 1.29 is 9.53 Å². The highest BCUT2D eigenvalue weighted by atomic mass is 16.5. The Morgan fingerprint density at radius 1 is 1.10 bits per heavy atom. The summed E-state index contributed by atoms with van der Waals surface area (Å²) in [4.78, 5) is 16.2. The first-order valence-corrected chi connectivity index (χ1v) is 7.31. The number of aromatic nitrogens is 1. The molecular formula is C17H16N2O2. The number of Topliss-reactive ketones (excluding diaryl/α,β-unsaturated/α-hetero) is 1. The number of carbonyl (C=O) groups excluding carboxylic acids is 1. The van der Waals surface area contributed by atoms with Crippen molar-refractivity contribution in [3.63, 3.8) is 0 Å². The van der Waals surface area contributed by atoms with E-state index in [1.54, 1.807) is 0 Å². The fraction of sp³-hybridized carbons (Fsp3) is 0.294. The predicted molar refractivity (Wildman–Crippen MR) is 79.9 cm³/mol. The molecule has 0 radical (unpaired) electrons. The molecule has 0 atom stereocenters. The minimum Gasteiger partial charge on any atom is -0.487 e. The number of ketones is 1. The van der Waals surface area contributed by atoms with Gasteiger partial charge in [-0.3, -0.25) is 4.79 Å². The Kier molecular flexibility index (Phi) is 2.88. The molecule has 1 aliphatic carbocycles. The van der Waals surface area contributed by atoms with Crippen molar-refractivity contribution in [1.29, 1.82) is 0 Å². The zero-order valence-corrected chi connectivity index (χ0v) is 11.7. The lowest BCUT2D eigenvalue weighted by Crippen LogP contribution is -2.01. The van der Waals surface area contributed by atoms with Gasteiger partial charge < -0.3 is 10.1 Å². The second kappa shape index (κ2) is 4.88. The zero-order valence-electron chi connectivity index (χ0n) is 11.7. The van der Waals surface area contributed by atoms with Crippen LogP contribution in [0.25, 0.3) is 0 Å². The van der Waals surface area contributed by atoms with Crippen molar-refractivity contribution in [2.75, 3.05) is 11.9 Å². The molecule has 0 amide bonds. The van der Waals surface area contributed by atoms with E-state index in [2.05, 4.69) is 16.4 Å². The highest BCUT2D eigenvalue weighted by molar-refractivity contribution is 6.00. The van der Waals surface area contributed by atoms with Gasteiger partial charge in [0.1, 0.15) is 18.2 Å². The molecule has 0 fully saturated rings. The first kappa shape index (κ1) is 12.4. The number of fused-ring (bicyclic) bond motifs is 2. The Morgan fingerprint density at radius 2 is 2.05 bits per heavy atom. The highest BCUT2D eigenvalue weighted by Crippen LogP contribution is 2.27. The maximum absolute atomic E-state index is 11.6. The number of hydrogen-bond acceptors (Lipinski definition) is 4. The second-order valence-corrected chi connectivity index (χ2v) is 5.52. The fourth-order valence-corrected chi connectivity index (χ4v) is 2.96. The quantitative estimate of drug-likeness (QED) is 0.939. The number of benzene rings is 1. The second-order valence-electron chi connectivity index (χ2n) is 5.52. The van der Waals surface area contributed by atoms with E-state index in [-0.39, 0.29) is 5.78 Å². The number of rotatable bonds is 3. The molecule has 0 saturated carbocycles. The van der Waals surface area contributed by atoms with Crippen LogP contribution in [0.5, 0.6) is 5.75 Å². The molecule has 1 aliphatic heterocycles. The summed E-state index contributed by atoms with van der Waals surface area (Å²) in [7, 11) is 0. The number of hydrogen-bond donors (Lipinski definition) is 1. The van der Waals surface area contributed by atoms with Crippen LogP contribution in [0.4, 0.5) is 5.82 Å². The standard InChI is InChI=1S/C17H16N2O2/c20-16-6-2-12-9-14(4-5-15(12)16)21-10-13-3-1-11-7-8-18-17(11)19-13/h1,3-5,9H,2,6-8,10H2,(H,18,19). The lowest BCUT2D eigenvalue weighted by molar-refractivity contribution is 0.0994. The van der Waals surface area contributed by atoms with E-state index < -0.39 is 0 Å². The van der Waals surface area contributed by atoms with Crippen molar-refractivity contribution in [1.82, 2.24) is 4.98 Å². The SMILES string of the molecule is O=C1CCc2cc(OCc3ccc4c(n3)NCC4)ccc21. The van der Waals surface area contributed by atoms with Gasteiger partial charge in [0.05, 0.1) is 5.69 Å². The monoisotopic (exact) mass is 280 g/mol. The summed E-state index contributed by atoms with van der Waals surface area (Å²) in [5, 5.41) is 3.27. The summed E-state index contributed by atoms with van der Waals surface area (Å²) >= 11 is 0. The molecule has 0 bridgehead atoms. The van der Waals surface area contributed by atoms with Gasteiger partial charge in [-0.25, -0.2) is 4.98 Å². The molecule has 21 heavy (non-hydrogen) atoms. The smallest absolute Gasteiger partial charge is 0.163 e. The van der Waals surface area contributed by atoms with Crippen molar-refractivity contribution >= 4 is 11.6 Å². The third-order valence-corrected chi connectivity index (χ3v) is 4.11. The van der Waals surface area contributed by atoms with Crippen LogP contribution in [0.2, 0.25) is 0 Å². The number of aryl methyl sites for hydroxylation is 1. The molecule has 1 aromatic heterocycles. The maximum atomic E-state index is 11.6. The number of nitrogens with one attached hydrogen (secondary N) is 1. The Bertz CT molecular complexity index is 725. The van der Waals surface area contributed by atoms with E-state index in [9.17, 15) is 4.79 Å². The van der Waals surface area contributed by atoms with E-state index in [0.717, 1.165) is 47.8 Å². The van der Waals surface area contributed by atoms with Gasteiger partial charge in [0, 0.05) is 18.5 Å². The molecule has 4 rings (SSSR count). The first-order valence-electron chi connectivity index (χ1n) is 7.31. The van der Waals surface area contributed by atoms with Crippen LogP contribution in [-0.4, -0.2) is 17.3 Å². The summed E-state index contributed by atoms with van der Waals surface area (Å²) in [5.41, 5.74) is 4.14. The number of pyridine rings is 1. The van der Waals surface area contributed by atoms with Gasteiger partial charge in [0.15, 0.2) is 5.78 Å². The first-order chi connectivity index (χ1) is 10.3. The number of carbonyl (C=O) groups is 1. The van der Waals surface area contributed by atoms with E-state index in [4.69, 9.17) is 4.74 Å². The lowest BCUT2D eigenvalue weighted by Gasteiger charge is -2.08. The molecule has 106 valence electrons. The van der Waals surface area contributed by atoms with Gasteiger partial charge in [-0.15, -0.1) is 0 Å². The van der Waals surface area contributed by atoms with E-state index in [0.29, 0.717) is 13.0 Å². The summed E-state index contributed by atoms with van der Waals surface area (Å²) in [6, 6.07) is 9.85. The summed E-state index contributed by atoms with van der Waals surface area (Å²) in [6.45, 7) is 1.41. The van der Waals surface area contributed by atoms with Crippen molar-refractivity contribution in [2.24, 2.45) is 0 Å². The van der Waals surface area contributed by atoms with Gasteiger partial charge in [-0.1, -0.05) is 6.07 Å². The van der Waals surface area contributed by atoms with Crippen LogP contribution in [0, 0.1) is 0 Å². The molecule has 1 aromatic carbocycles. The van der Waals surface area contributed by atoms with Gasteiger partial charge in [-0.2, -0.15) is 0 Å². The number of nitrogens with zero attached hydrogens (tertiary/aromatic N) is 1. The normalized spacial score (nSPS) is 15.5. The van der Waals surface area contributed by atoms with Crippen LogP contribution in [0.15, 0.2) is 30.3 Å². The molecule has 1 N–H and O–H groups in total. The molecule has 2 heterocycles. The Hall–Kier alpha value is -2.36. The van der Waals surface area contributed by atoms with Crippen molar-refractivity contribution in [3.8, 4) is 5.75 Å². The molecule has 2 aliphatic rings. The van der Waals surface area contributed by atoms with Gasteiger partial charge >= 0.3 is 0 Å². The Morgan fingerprint density at radius 3 is 3.00 bits per heavy atom. The molecule has 4 nitrogen and oxygen atoms in total. The minimum atomic E-state index is 0.239. The van der Waals surface area contributed by atoms with Crippen molar-refractivity contribution in [2.45, 2.75) is 25.9 Å². The van der Waals surface area contributed by atoms with E-state index >= 15 is 0 Å². The predicted octanol–water partition coefficient (Wildman–Crippen LogP) is 2.76. The van der Waals surface area contributed by atoms with Crippen LogP contribution in [0.1, 0.15) is 33.6 Å². The van der Waals surface area contributed by atoms with Gasteiger partial charge in [0.25, 0.3) is 0 Å². The van der Waals surface area contributed by atoms with Crippen LogP contribution >= 0.6 is 0 Å². The van der Waals surface area contributed by atoms with E-state index in [1.165, 1.54) is 5.56 Å². The topological polar surface area (TPSA) is 51.2 Å². The van der Waals surface area contributed by atoms with Crippen LogP contribution in [-0.2, 0) is 19.4 Å². The Balaban J connectivity index is 1.49. The van der Waals surface area contributed by atoms with Gasteiger partial charge in [0.2, 0.25) is 0 Å². The van der Waals surface area contributed by atoms with Crippen LogP contribution < -0.4 is 10.1 Å². The molecular weight excluding hydrogens is 264 g/mol. The third kappa shape index (κ3) is 2.27.